The highest BCUT2D eigenvalue weighted by Gasteiger charge is 1.95. The molecule has 0 aliphatic heterocycles. The molecule has 1 rings (SSSR count). The summed E-state index contributed by atoms with van der Waals surface area (Å²) in [6.07, 6.45) is 9.13. The number of allylic oxidation sites excluding steroid dienone is 3. The van der Waals surface area contributed by atoms with Gasteiger partial charge in [0.15, 0.2) is 0 Å². The lowest BCUT2D eigenvalue weighted by molar-refractivity contribution is 0.323. The van der Waals surface area contributed by atoms with Crippen LogP contribution in [-0.4, -0.2) is 6.61 Å². The molecule has 0 atom stereocenters. The second-order valence-electron chi connectivity index (χ2n) is 3.36. The molecule has 1 nitrogen and oxygen atoms in total. The van der Waals surface area contributed by atoms with Crippen molar-refractivity contribution in [3.05, 3.63) is 54.1 Å². The zero-order valence-corrected chi connectivity index (χ0v) is 9.44. The van der Waals surface area contributed by atoms with Gasteiger partial charge in [-0.1, -0.05) is 42.5 Å². The van der Waals surface area contributed by atoms with E-state index in [2.05, 4.69) is 19.1 Å². The van der Waals surface area contributed by atoms with Gasteiger partial charge in [0.05, 0.1) is 6.61 Å². The first kappa shape index (κ1) is 11.6. The molecule has 0 aliphatic rings. The molecule has 1 aromatic rings. The molecule has 15 heavy (non-hydrogen) atoms. The molecule has 1 aromatic carbocycles. The average Bonchev–Trinajstić information content (AvgIpc) is 2.25. The fourth-order valence-corrected chi connectivity index (χ4v) is 1.24. The van der Waals surface area contributed by atoms with Gasteiger partial charge < -0.3 is 4.74 Å². The monoisotopic (exact) mass is 202 g/mol. The molecule has 0 radical (unpaired) electrons. The maximum absolute atomic E-state index is 5.64. The lowest BCUT2D eigenvalue weighted by Crippen LogP contribution is -1.96. The van der Waals surface area contributed by atoms with E-state index < -0.39 is 0 Å². The molecule has 0 bridgehead atoms. The van der Waals surface area contributed by atoms with Gasteiger partial charge in [-0.15, -0.1) is 0 Å². The summed E-state index contributed by atoms with van der Waals surface area (Å²) in [5.41, 5.74) is 1.19. The standard InChI is InChI=1S/C14H18O/c1-3-4-5-6-9-12-15-14-11-8-7-10-13(14)2/h3-8,10-11H,9,12H2,1-2H3/b4-3+,6-5-. The van der Waals surface area contributed by atoms with E-state index in [1.807, 2.05) is 43.4 Å². The van der Waals surface area contributed by atoms with E-state index in [-0.39, 0.29) is 0 Å². The molecule has 0 spiro atoms. The maximum atomic E-state index is 5.64. The first-order chi connectivity index (χ1) is 7.34. The molecule has 0 heterocycles. The van der Waals surface area contributed by atoms with Crippen molar-refractivity contribution in [2.45, 2.75) is 20.3 Å². The molecule has 0 aliphatic carbocycles. The molecular formula is C14H18O. The number of aryl methyl sites for hydroxylation is 1. The van der Waals surface area contributed by atoms with Crippen molar-refractivity contribution >= 4 is 0 Å². The van der Waals surface area contributed by atoms with Gasteiger partial charge in [-0.05, 0) is 31.9 Å². The molecule has 0 unspecified atom stereocenters. The van der Waals surface area contributed by atoms with E-state index in [0.29, 0.717) is 0 Å². The van der Waals surface area contributed by atoms with Crippen molar-refractivity contribution in [2.24, 2.45) is 0 Å². The lowest BCUT2D eigenvalue weighted by Gasteiger charge is -2.06. The number of benzene rings is 1. The molecule has 0 fully saturated rings. The van der Waals surface area contributed by atoms with Crippen LogP contribution in [0, 0.1) is 6.92 Å². The van der Waals surface area contributed by atoms with Crippen LogP contribution in [0.1, 0.15) is 18.9 Å². The molecule has 80 valence electrons. The maximum Gasteiger partial charge on any atom is 0.122 e. The van der Waals surface area contributed by atoms with Gasteiger partial charge in [0.25, 0.3) is 0 Å². The van der Waals surface area contributed by atoms with Crippen LogP contribution >= 0.6 is 0 Å². The third-order valence-corrected chi connectivity index (χ3v) is 2.08. The van der Waals surface area contributed by atoms with E-state index in [9.17, 15) is 0 Å². The minimum atomic E-state index is 0.735. The summed E-state index contributed by atoms with van der Waals surface area (Å²) >= 11 is 0. The Bertz CT molecular complexity index is 337. The average molecular weight is 202 g/mol. The van der Waals surface area contributed by atoms with Crippen molar-refractivity contribution in [2.75, 3.05) is 6.61 Å². The van der Waals surface area contributed by atoms with Gasteiger partial charge in [0.2, 0.25) is 0 Å². The molecule has 1 heteroatoms. The fourth-order valence-electron chi connectivity index (χ4n) is 1.24. The van der Waals surface area contributed by atoms with E-state index in [1.165, 1.54) is 5.56 Å². The van der Waals surface area contributed by atoms with Gasteiger partial charge in [-0.3, -0.25) is 0 Å². The lowest BCUT2D eigenvalue weighted by atomic mass is 10.2. The Balaban J connectivity index is 2.29. The summed E-state index contributed by atoms with van der Waals surface area (Å²) in [5, 5.41) is 0. The Labute approximate surface area is 92.1 Å². The zero-order valence-electron chi connectivity index (χ0n) is 9.44. The van der Waals surface area contributed by atoms with Crippen LogP contribution in [0.25, 0.3) is 0 Å². The van der Waals surface area contributed by atoms with Gasteiger partial charge in [-0.25, -0.2) is 0 Å². The Kier molecular flexibility index (Phi) is 5.31. The summed E-state index contributed by atoms with van der Waals surface area (Å²) in [6, 6.07) is 8.09. The Morgan fingerprint density at radius 1 is 1.20 bits per heavy atom. The van der Waals surface area contributed by atoms with Crippen LogP contribution in [0.3, 0.4) is 0 Å². The molecule has 0 saturated heterocycles. The molecule has 0 saturated carbocycles. The third kappa shape index (κ3) is 4.50. The second kappa shape index (κ2) is 6.88. The second-order valence-corrected chi connectivity index (χ2v) is 3.36. The largest absolute Gasteiger partial charge is 0.493 e. The van der Waals surface area contributed by atoms with Crippen molar-refractivity contribution in [1.82, 2.24) is 0 Å². The van der Waals surface area contributed by atoms with Gasteiger partial charge in [-0.2, -0.15) is 0 Å². The normalized spacial score (nSPS) is 11.3. The smallest absolute Gasteiger partial charge is 0.122 e. The fraction of sp³-hybridized carbons (Fsp3) is 0.286. The van der Waals surface area contributed by atoms with Crippen LogP contribution in [0.4, 0.5) is 0 Å². The number of ether oxygens (including phenoxy) is 1. The number of para-hydroxylation sites is 1. The minimum Gasteiger partial charge on any atom is -0.493 e. The molecular weight excluding hydrogens is 184 g/mol. The van der Waals surface area contributed by atoms with Crippen LogP contribution in [0.5, 0.6) is 5.75 Å². The summed E-state index contributed by atoms with van der Waals surface area (Å²) in [7, 11) is 0. The third-order valence-electron chi connectivity index (χ3n) is 2.08. The highest BCUT2D eigenvalue weighted by atomic mass is 16.5. The number of hydrogen-bond donors (Lipinski definition) is 0. The van der Waals surface area contributed by atoms with Crippen molar-refractivity contribution in [1.29, 1.82) is 0 Å². The highest BCUT2D eigenvalue weighted by Crippen LogP contribution is 2.16. The Hall–Kier alpha value is -1.50. The first-order valence-electron chi connectivity index (χ1n) is 5.31. The van der Waals surface area contributed by atoms with Crippen LogP contribution in [-0.2, 0) is 0 Å². The van der Waals surface area contributed by atoms with Crippen molar-refractivity contribution in [3.8, 4) is 5.75 Å². The summed E-state index contributed by atoms with van der Waals surface area (Å²) in [5.74, 6) is 0.983. The van der Waals surface area contributed by atoms with Gasteiger partial charge in [0.1, 0.15) is 5.75 Å². The predicted octanol–water partition coefficient (Wildman–Crippen LogP) is 3.90. The highest BCUT2D eigenvalue weighted by molar-refractivity contribution is 5.31. The summed E-state index contributed by atoms with van der Waals surface area (Å²) in [6.45, 7) is 4.80. The Morgan fingerprint density at radius 3 is 2.73 bits per heavy atom. The zero-order chi connectivity index (χ0) is 10.9. The van der Waals surface area contributed by atoms with E-state index in [0.717, 1.165) is 18.8 Å². The van der Waals surface area contributed by atoms with E-state index in [1.54, 1.807) is 0 Å². The molecule has 0 amide bonds. The number of hydrogen-bond acceptors (Lipinski definition) is 1. The predicted molar refractivity (Wildman–Crippen MR) is 65.2 cm³/mol. The van der Waals surface area contributed by atoms with E-state index >= 15 is 0 Å². The van der Waals surface area contributed by atoms with E-state index in [4.69, 9.17) is 4.74 Å². The first-order valence-corrected chi connectivity index (χ1v) is 5.31. The SMILES string of the molecule is C/C=C/C=C\CCOc1ccccc1C. The topological polar surface area (TPSA) is 9.23 Å². The van der Waals surface area contributed by atoms with Crippen molar-refractivity contribution < 1.29 is 4.74 Å². The quantitative estimate of drug-likeness (QED) is 0.520. The molecule has 0 N–H and O–H groups in total. The Morgan fingerprint density at radius 2 is 2.00 bits per heavy atom. The minimum absolute atomic E-state index is 0.735. The van der Waals surface area contributed by atoms with Crippen LogP contribution in [0.2, 0.25) is 0 Å². The number of rotatable bonds is 5. The summed E-state index contributed by atoms with van der Waals surface area (Å²) in [4.78, 5) is 0. The van der Waals surface area contributed by atoms with Crippen LogP contribution < -0.4 is 4.74 Å². The summed E-state index contributed by atoms with van der Waals surface area (Å²) < 4.78 is 5.64. The van der Waals surface area contributed by atoms with Gasteiger partial charge >= 0.3 is 0 Å². The van der Waals surface area contributed by atoms with Crippen LogP contribution in [0.15, 0.2) is 48.6 Å². The van der Waals surface area contributed by atoms with Crippen molar-refractivity contribution in [3.63, 3.8) is 0 Å². The van der Waals surface area contributed by atoms with Gasteiger partial charge in [0, 0.05) is 0 Å². The molecule has 0 aromatic heterocycles.